The molecule has 0 atom stereocenters. The van der Waals surface area contributed by atoms with E-state index < -0.39 is 0 Å². The van der Waals surface area contributed by atoms with Crippen LogP contribution in [0.25, 0.3) is 0 Å². The molecule has 122 valence electrons. The van der Waals surface area contributed by atoms with Gasteiger partial charge in [0, 0.05) is 18.0 Å². The average Bonchev–Trinajstić information content (AvgIpc) is 3.06. The van der Waals surface area contributed by atoms with E-state index in [-0.39, 0.29) is 12.6 Å². The second kappa shape index (κ2) is 7.95. The number of nitrogens with zero attached hydrogens (tertiary/aromatic N) is 1. The van der Waals surface area contributed by atoms with Crippen molar-refractivity contribution in [2.24, 2.45) is 0 Å². The number of pyridine rings is 1. The van der Waals surface area contributed by atoms with Crippen LogP contribution in [0.15, 0.2) is 60.9 Å². The van der Waals surface area contributed by atoms with E-state index in [4.69, 9.17) is 21.1 Å². The summed E-state index contributed by atoms with van der Waals surface area (Å²) >= 11 is 7.01. The summed E-state index contributed by atoms with van der Waals surface area (Å²) in [4.78, 5) is 16.4. The van der Waals surface area contributed by atoms with Crippen molar-refractivity contribution < 1.29 is 14.3 Å². The maximum Gasteiger partial charge on any atom is 0.348 e. The number of carbonyl (C=O) groups excluding carboxylic acids is 1. The van der Waals surface area contributed by atoms with Crippen molar-refractivity contribution in [3.05, 3.63) is 81.3 Å². The number of thiophene rings is 1. The summed E-state index contributed by atoms with van der Waals surface area (Å²) in [6.45, 7) is 0.665. The van der Waals surface area contributed by atoms with Crippen molar-refractivity contribution >= 4 is 28.9 Å². The first kappa shape index (κ1) is 16.5. The minimum absolute atomic E-state index is 0.206. The lowest BCUT2D eigenvalue weighted by Crippen LogP contribution is -2.03. The fraction of sp³-hybridized carbons (Fsp3) is 0.111. The van der Waals surface area contributed by atoms with E-state index in [1.54, 1.807) is 24.5 Å². The lowest BCUT2D eigenvalue weighted by molar-refractivity contribution is 0.0478. The Morgan fingerprint density at radius 2 is 1.88 bits per heavy atom. The second-order valence-electron chi connectivity index (χ2n) is 4.97. The van der Waals surface area contributed by atoms with E-state index in [0.29, 0.717) is 15.8 Å². The maximum absolute atomic E-state index is 11.9. The van der Waals surface area contributed by atoms with E-state index in [0.717, 1.165) is 16.9 Å². The van der Waals surface area contributed by atoms with E-state index in [2.05, 4.69) is 4.98 Å². The zero-order chi connectivity index (χ0) is 16.8. The smallest absolute Gasteiger partial charge is 0.348 e. The quantitative estimate of drug-likeness (QED) is 0.597. The fourth-order valence-corrected chi connectivity index (χ4v) is 2.91. The molecule has 0 amide bonds. The van der Waals surface area contributed by atoms with Crippen molar-refractivity contribution in [2.75, 3.05) is 0 Å². The molecule has 0 saturated heterocycles. The fourth-order valence-electron chi connectivity index (χ4n) is 1.98. The summed E-state index contributed by atoms with van der Waals surface area (Å²) in [5.74, 6) is 0.378. The van der Waals surface area contributed by atoms with Crippen molar-refractivity contribution in [3.8, 4) is 5.75 Å². The molecule has 0 aliphatic rings. The molecule has 0 N–H and O–H groups in total. The van der Waals surface area contributed by atoms with Crippen LogP contribution in [0.1, 0.15) is 20.8 Å². The molecule has 2 aromatic heterocycles. The Balaban J connectivity index is 1.50. The van der Waals surface area contributed by atoms with Gasteiger partial charge in [-0.15, -0.1) is 11.3 Å². The van der Waals surface area contributed by atoms with Crippen LogP contribution < -0.4 is 4.74 Å². The normalized spacial score (nSPS) is 10.4. The lowest BCUT2D eigenvalue weighted by Gasteiger charge is -2.07. The first-order chi connectivity index (χ1) is 11.7. The third-order valence-corrected chi connectivity index (χ3v) is 4.41. The third-order valence-electron chi connectivity index (χ3n) is 3.20. The summed E-state index contributed by atoms with van der Waals surface area (Å²) in [5, 5.41) is 0. The molecule has 0 fully saturated rings. The number of hydrogen-bond donors (Lipinski definition) is 0. The van der Waals surface area contributed by atoms with E-state index in [9.17, 15) is 4.79 Å². The molecule has 0 unspecified atom stereocenters. The Labute approximate surface area is 148 Å². The van der Waals surface area contributed by atoms with Crippen LogP contribution in [0.5, 0.6) is 5.75 Å². The molecule has 3 rings (SSSR count). The lowest BCUT2D eigenvalue weighted by atomic mass is 10.2. The Hall–Kier alpha value is -2.37. The summed E-state index contributed by atoms with van der Waals surface area (Å²) in [6, 6.07) is 14.6. The second-order valence-corrected chi connectivity index (χ2v) is 6.69. The molecule has 0 bridgehead atoms. The summed E-state index contributed by atoms with van der Waals surface area (Å²) in [7, 11) is 0. The van der Waals surface area contributed by atoms with Crippen LogP contribution in [-0.4, -0.2) is 11.0 Å². The average molecular weight is 360 g/mol. The number of carbonyl (C=O) groups is 1. The molecular weight excluding hydrogens is 346 g/mol. The van der Waals surface area contributed by atoms with Crippen molar-refractivity contribution in [2.45, 2.75) is 13.2 Å². The number of ether oxygens (including phenoxy) is 2. The standard InChI is InChI=1S/C18H14ClNO3S/c19-17-8-7-16(24-17)18(21)23-11-13-3-5-15(6-4-13)22-12-14-2-1-9-20-10-14/h1-10H,11-12H2. The van der Waals surface area contributed by atoms with Gasteiger partial charge in [-0.05, 0) is 35.9 Å². The van der Waals surface area contributed by atoms with Crippen LogP contribution in [0.2, 0.25) is 4.34 Å². The van der Waals surface area contributed by atoms with Gasteiger partial charge in [0.15, 0.2) is 0 Å². The Kier molecular flexibility index (Phi) is 5.46. The molecule has 0 spiro atoms. The zero-order valence-electron chi connectivity index (χ0n) is 12.6. The van der Waals surface area contributed by atoms with Crippen LogP contribution in [0.4, 0.5) is 0 Å². The SMILES string of the molecule is O=C(OCc1ccc(OCc2cccnc2)cc1)c1ccc(Cl)s1. The number of rotatable bonds is 6. The Morgan fingerprint density at radius 1 is 1.04 bits per heavy atom. The highest BCUT2D eigenvalue weighted by atomic mass is 35.5. The summed E-state index contributed by atoms with van der Waals surface area (Å²) in [5.41, 5.74) is 1.89. The number of esters is 1. The van der Waals surface area contributed by atoms with Crippen LogP contribution in [-0.2, 0) is 18.0 Å². The molecular formula is C18H14ClNO3S. The Bertz CT molecular complexity index is 803. The van der Waals surface area contributed by atoms with Gasteiger partial charge in [-0.25, -0.2) is 4.79 Å². The highest BCUT2D eigenvalue weighted by Gasteiger charge is 2.10. The summed E-state index contributed by atoms with van der Waals surface area (Å²) in [6.07, 6.45) is 3.49. The largest absolute Gasteiger partial charge is 0.489 e. The molecule has 3 aromatic rings. The van der Waals surface area contributed by atoms with Crippen LogP contribution >= 0.6 is 22.9 Å². The minimum Gasteiger partial charge on any atom is -0.489 e. The molecule has 0 radical (unpaired) electrons. The third kappa shape index (κ3) is 4.57. The van der Waals surface area contributed by atoms with Gasteiger partial charge in [0.25, 0.3) is 0 Å². The summed E-state index contributed by atoms with van der Waals surface area (Å²) < 4.78 is 11.5. The van der Waals surface area contributed by atoms with Gasteiger partial charge in [-0.3, -0.25) is 4.98 Å². The molecule has 0 aliphatic carbocycles. The molecule has 1 aromatic carbocycles. The highest BCUT2D eigenvalue weighted by molar-refractivity contribution is 7.17. The van der Waals surface area contributed by atoms with Gasteiger partial charge >= 0.3 is 5.97 Å². The highest BCUT2D eigenvalue weighted by Crippen LogP contribution is 2.22. The molecule has 6 heteroatoms. The number of aromatic nitrogens is 1. The van der Waals surface area contributed by atoms with Gasteiger partial charge in [-0.1, -0.05) is 29.8 Å². The Morgan fingerprint density at radius 3 is 2.54 bits per heavy atom. The predicted octanol–water partition coefficient (Wildman–Crippen LogP) is 4.73. The molecule has 0 aliphatic heterocycles. The number of halogens is 1. The van der Waals surface area contributed by atoms with Crippen LogP contribution in [0, 0.1) is 0 Å². The molecule has 2 heterocycles. The van der Waals surface area contributed by atoms with Crippen molar-refractivity contribution in [3.63, 3.8) is 0 Å². The molecule has 4 nitrogen and oxygen atoms in total. The van der Waals surface area contributed by atoms with Gasteiger partial charge in [0.05, 0.1) is 4.34 Å². The van der Waals surface area contributed by atoms with E-state index in [1.807, 2.05) is 36.4 Å². The topological polar surface area (TPSA) is 48.4 Å². The predicted molar refractivity (Wildman–Crippen MR) is 93.5 cm³/mol. The monoisotopic (exact) mass is 359 g/mol. The van der Waals surface area contributed by atoms with Gasteiger partial charge in [0.1, 0.15) is 23.8 Å². The number of benzene rings is 1. The van der Waals surface area contributed by atoms with Crippen molar-refractivity contribution in [1.29, 1.82) is 0 Å². The zero-order valence-corrected chi connectivity index (χ0v) is 14.2. The molecule has 24 heavy (non-hydrogen) atoms. The first-order valence-electron chi connectivity index (χ1n) is 7.24. The van der Waals surface area contributed by atoms with E-state index >= 15 is 0 Å². The number of hydrogen-bond acceptors (Lipinski definition) is 5. The van der Waals surface area contributed by atoms with Crippen LogP contribution in [0.3, 0.4) is 0 Å². The first-order valence-corrected chi connectivity index (χ1v) is 8.43. The van der Waals surface area contributed by atoms with Gasteiger partial charge in [-0.2, -0.15) is 0 Å². The van der Waals surface area contributed by atoms with Gasteiger partial charge in [0.2, 0.25) is 0 Å². The van der Waals surface area contributed by atoms with Gasteiger partial charge < -0.3 is 9.47 Å². The maximum atomic E-state index is 11.9. The van der Waals surface area contributed by atoms with Crippen molar-refractivity contribution in [1.82, 2.24) is 4.98 Å². The minimum atomic E-state index is -0.371. The van der Waals surface area contributed by atoms with E-state index in [1.165, 1.54) is 11.3 Å². The molecule has 0 saturated carbocycles.